The van der Waals surface area contributed by atoms with E-state index in [1.807, 2.05) is 36.4 Å². The minimum atomic E-state index is -1.20. The third-order valence-corrected chi connectivity index (χ3v) is 3.25. The second-order valence-corrected chi connectivity index (χ2v) is 10.1. The zero-order valence-electron chi connectivity index (χ0n) is 10.7. The molecule has 0 aliphatic heterocycles. The van der Waals surface area contributed by atoms with E-state index < -0.39 is 8.07 Å². The van der Waals surface area contributed by atoms with Crippen LogP contribution in [0.1, 0.15) is 5.56 Å². The van der Waals surface area contributed by atoms with Gasteiger partial charge in [-0.25, -0.2) is 0 Å². The highest BCUT2D eigenvalue weighted by atomic mass is 28.3. The second-order valence-electron chi connectivity index (χ2n) is 5.05. The number of hydrogen-bond acceptors (Lipinski definition) is 1. The lowest BCUT2D eigenvalue weighted by atomic mass is 10.1. The van der Waals surface area contributed by atoms with E-state index in [-0.39, 0.29) is 5.78 Å². The molecular formula is C15H18OSi. The fourth-order valence-corrected chi connectivity index (χ4v) is 1.82. The van der Waals surface area contributed by atoms with Crippen molar-refractivity contribution in [1.29, 1.82) is 0 Å². The first-order valence-electron chi connectivity index (χ1n) is 5.73. The topological polar surface area (TPSA) is 17.1 Å². The van der Waals surface area contributed by atoms with Crippen LogP contribution >= 0.6 is 0 Å². The van der Waals surface area contributed by atoms with Crippen LogP contribution in [0.15, 0.2) is 42.1 Å². The molecule has 1 aromatic rings. The van der Waals surface area contributed by atoms with Gasteiger partial charge < -0.3 is 0 Å². The molecule has 0 spiro atoms. The van der Waals surface area contributed by atoms with Crippen LogP contribution in [0.2, 0.25) is 19.6 Å². The molecule has 0 aliphatic carbocycles. The highest BCUT2D eigenvalue weighted by Crippen LogP contribution is 2.01. The summed E-state index contributed by atoms with van der Waals surface area (Å²) in [4.78, 5) is 11.5. The van der Waals surface area contributed by atoms with E-state index >= 15 is 0 Å². The molecule has 88 valence electrons. The van der Waals surface area contributed by atoms with Gasteiger partial charge in [0.2, 0.25) is 5.78 Å². The Bertz CT molecular complexity index is 455. The fourth-order valence-electron chi connectivity index (χ4n) is 1.24. The lowest BCUT2D eigenvalue weighted by molar-refractivity contribution is -0.113. The lowest BCUT2D eigenvalue weighted by Gasteiger charge is -2.05. The quantitative estimate of drug-likeness (QED) is 0.452. The second kappa shape index (κ2) is 6.22. The van der Waals surface area contributed by atoms with Crippen LogP contribution in [0.5, 0.6) is 0 Å². The van der Waals surface area contributed by atoms with Crippen molar-refractivity contribution in [1.82, 2.24) is 0 Å². The largest absolute Gasteiger partial charge is 0.285 e. The zero-order valence-corrected chi connectivity index (χ0v) is 11.7. The number of benzene rings is 1. The maximum atomic E-state index is 11.5. The molecule has 0 atom stereocenters. The SMILES string of the molecule is C[Si](C)(C)C=CC#CC(=O)Cc1ccccc1. The van der Waals surface area contributed by atoms with E-state index in [0.29, 0.717) is 6.42 Å². The third kappa shape index (κ3) is 6.55. The van der Waals surface area contributed by atoms with Gasteiger partial charge in [-0.3, -0.25) is 4.79 Å². The van der Waals surface area contributed by atoms with Crippen LogP contribution in [-0.2, 0) is 11.2 Å². The van der Waals surface area contributed by atoms with Gasteiger partial charge in [0.15, 0.2) is 0 Å². The Labute approximate surface area is 105 Å². The number of rotatable bonds is 3. The van der Waals surface area contributed by atoms with Crippen LogP contribution in [0.4, 0.5) is 0 Å². The van der Waals surface area contributed by atoms with Gasteiger partial charge >= 0.3 is 0 Å². The van der Waals surface area contributed by atoms with Gasteiger partial charge in [0, 0.05) is 6.42 Å². The van der Waals surface area contributed by atoms with E-state index in [9.17, 15) is 4.79 Å². The Morgan fingerprint density at radius 2 is 1.88 bits per heavy atom. The van der Waals surface area contributed by atoms with Gasteiger partial charge in [0.25, 0.3) is 0 Å². The van der Waals surface area contributed by atoms with Crippen LogP contribution in [0, 0.1) is 11.8 Å². The maximum Gasteiger partial charge on any atom is 0.210 e. The van der Waals surface area contributed by atoms with Crippen LogP contribution in [0.3, 0.4) is 0 Å². The first kappa shape index (κ1) is 13.5. The Morgan fingerprint density at radius 1 is 1.24 bits per heavy atom. The molecule has 0 N–H and O–H groups in total. The molecule has 0 amide bonds. The van der Waals surface area contributed by atoms with Crippen LogP contribution in [0.25, 0.3) is 0 Å². The monoisotopic (exact) mass is 242 g/mol. The van der Waals surface area contributed by atoms with Gasteiger partial charge in [-0.1, -0.05) is 61.6 Å². The lowest BCUT2D eigenvalue weighted by Crippen LogP contribution is -2.15. The summed E-state index contributed by atoms with van der Waals surface area (Å²) >= 11 is 0. The molecule has 17 heavy (non-hydrogen) atoms. The molecule has 1 nitrogen and oxygen atoms in total. The van der Waals surface area contributed by atoms with Crippen molar-refractivity contribution in [3.63, 3.8) is 0 Å². The van der Waals surface area contributed by atoms with Gasteiger partial charge in [-0.15, -0.1) is 0 Å². The maximum absolute atomic E-state index is 11.5. The molecule has 0 saturated carbocycles. The molecule has 0 heterocycles. The molecule has 0 saturated heterocycles. The Hall–Kier alpha value is -1.59. The summed E-state index contributed by atoms with van der Waals surface area (Å²) in [6.07, 6.45) is 2.21. The number of hydrogen-bond donors (Lipinski definition) is 0. The summed E-state index contributed by atoms with van der Waals surface area (Å²) in [6, 6.07) is 9.69. The van der Waals surface area contributed by atoms with Crippen molar-refractivity contribution in [3.05, 3.63) is 47.7 Å². The summed E-state index contributed by atoms with van der Waals surface area (Å²) < 4.78 is 0. The molecule has 1 aromatic carbocycles. The van der Waals surface area contributed by atoms with Crippen molar-refractivity contribution in [2.45, 2.75) is 26.1 Å². The Morgan fingerprint density at radius 3 is 2.47 bits per heavy atom. The summed E-state index contributed by atoms with van der Waals surface area (Å²) in [5, 5.41) is 0. The summed E-state index contributed by atoms with van der Waals surface area (Å²) in [6.45, 7) is 6.70. The van der Waals surface area contributed by atoms with Crippen LogP contribution < -0.4 is 0 Å². The average molecular weight is 242 g/mol. The minimum absolute atomic E-state index is 0.0311. The number of carbonyl (C=O) groups is 1. The first-order chi connectivity index (χ1) is 7.97. The molecule has 0 aromatic heterocycles. The van der Waals surface area contributed by atoms with Gasteiger partial charge in [-0.05, 0) is 17.6 Å². The molecular weight excluding hydrogens is 224 g/mol. The van der Waals surface area contributed by atoms with Crippen molar-refractivity contribution in [2.75, 3.05) is 0 Å². The molecule has 0 radical (unpaired) electrons. The zero-order chi connectivity index (χ0) is 12.7. The van der Waals surface area contributed by atoms with Gasteiger partial charge in [-0.2, -0.15) is 0 Å². The standard InChI is InChI=1S/C15H18OSi/c1-17(2,3)12-8-7-11-15(16)13-14-9-5-4-6-10-14/h4-6,8-10,12H,13H2,1-3H3. The highest BCUT2D eigenvalue weighted by molar-refractivity contribution is 6.81. The Balaban J connectivity index is 2.51. The number of ketones is 1. The smallest absolute Gasteiger partial charge is 0.210 e. The third-order valence-electron chi connectivity index (χ3n) is 2.09. The molecule has 0 aliphatic rings. The minimum Gasteiger partial charge on any atom is -0.285 e. The average Bonchev–Trinajstić information content (AvgIpc) is 2.25. The van der Waals surface area contributed by atoms with Crippen LogP contribution in [-0.4, -0.2) is 13.9 Å². The Kier molecular flexibility index (Phi) is 4.93. The van der Waals surface area contributed by atoms with E-state index in [2.05, 4.69) is 37.2 Å². The summed E-state index contributed by atoms with van der Waals surface area (Å²) in [5.74, 6) is 5.44. The van der Waals surface area contributed by atoms with Crippen molar-refractivity contribution in [3.8, 4) is 11.8 Å². The van der Waals surface area contributed by atoms with Gasteiger partial charge in [0.05, 0.1) is 8.07 Å². The van der Waals surface area contributed by atoms with E-state index in [4.69, 9.17) is 0 Å². The normalized spacial score (nSPS) is 11.0. The van der Waals surface area contributed by atoms with Gasteiger partial charge in [0.1, 0.15) is 0 Å². The highest BCUT2D eigenvalue weighted by Gasteiger charge is 2.05. The molecule has 1 rings (SSSR count). The number of Topliss-reactive ketones (excluding diaryl/α,β-unsaturated/α-hetero) is 1. The van der Waals surface area contributed by atoms with Crippen molar-refractivity contribution < 1.29 is 4.79 Å². The molecule has 0 fully saturated rings. The molecule has 2 heteroatoms. The predicted octanol–water partition coefficient (Wildman–Crippen LogP) is 3.24. The van der Waals surface area contributed by atoms with Crippen molar-refractivity contribution >= 4 is 13.9 Å². The first-order valence-corrected chi connectivity index (χ1v) is 9.31. The van der Waals surface area contributed by atoms with E-state index in [1.165, 1.54) is 0 Å². The molecule has 0 unspecified atom stereocenters. The van der Waals surface area contributed by atoms with E-state index in [1.54, 1.807) is 0 Å². The summed E-state index contributed by atoms with van der Waals surface area (Å²) in [7, 11) is -1.20. The number of carbonyl (C=O) groups excluding carboxylic acids is 1. The van der Waals surface area contributed by atoms with E-state index in [0.717, 1.165) is 5.56 Å². The predicted molar refractivity (Wildman–Crippen MR) is 75.4 cm³/mol. The molecule has 0 bridgehead atoms. The van der Waals surface area contributed by atoms with Crippen molar-refractivity contribution in [2.24, 2.45) is 0 Å². The fraction of sp³-hybridized carbons (Fsp3) is 0.267. The number of allylic oxidation sites excluding steroid dienone is 1. The summed E-state index contributed by atoms with van der Waals surface area (Å²) in [5.41, 5.74) is 3.15.